The molecule has 124 valence electrons. The first-order valence-corrected chi connectivity index (χ1v) is 8.91. The van der Waals surface area contributed by atoms with E-state index in [0.29, 0.717) is 15.5 Å². The third-order valence-corrected chi connectivity index (χ3v) is 4.92. The number of nitrogens with one attached hydrogen (secondary N) is 1. The molecule has 0 saturated heterocycles. The number of aromatic nitrogens is 3. The van der Waals surface area contributed by atoms with Crippen LogP contribution in [0.15, 0.2) is 53.9 Å². The quantitative estimate of drug-likeness (QED) is 0.536. The first kappa shape index (κ1) is 16.1. The number of hydrogen-bond donors (Lipinski definition) is 1. The molecule has 0 saturated carbocycles. The molecule has 4 rings (SSSR count). The van der Waals surface area contributed by atoms with Crippen LogP contribution in [0.2, 0.25) is 10.0 Å². The second kappa shape index (κ2) is 6.48. The SMILES string of the molecule is O=C(Nc1nc2scc(-c3ccccc3)n2n1)c1ccc(Cl)cc1Cl. The minimum absolute atomic E-state index is 0.222. The van der Waals surface area contributed by atoms with Crippen LogP contribution in [-0.4, -0.2) is 20.5 Å². The van der Waals surface area contributed by atoms with Gasteiger partial charge in [-0.25, -0.2) is 4.52 Å². The molecule has 2 aromatic carbocycles. The van der Waals surface area contributed by atoms with E-state index in [4.69, 9.17) is 23.2 Å². The van der Waals surface area contributed by atoms with Gasteiger partial charge in [-0.1, -0.05) is 53.5 Å². The van der Waals surface area contributed by atoms with Gasteiger partial charge in [0.25, 0.3) is 11.9 Å². The lowest BCUT2D eigenvalue weighted by Gasteiger charge is -2.03. The maximum atomic E-state index is 12.4. The van der Waals surface area contributed by atoms with Crippen LogP contribution in [0.1, 0.15) is 10.4 Å². The molecule has 0 aliphatic rings. The van der Waals surface area contributed by atoms with E-state index >= 15 is 0 Å². The molecule has 0 unspecified atom stereocenters. The number of hydrogen-bond acceptors (Lipinski definition) is 4. The molecule has 5 nitrogen and oxygen atoms in total. The maximum absolute atomic E-state index is 12.4. The van der Waals surface area contributed by atoms with Gasteiger partial charge in [0.05, 0.1) is 16.3 Å². The Bertz CT molecular complexity index is 1070. The first-order valence-electron chi connectivity index (χ1n) is 7.28. The lowest BCUT2D eigenvalue weighted by molar-refractivity contribution is 0.102. The van der Waals surface area contributed by atoms with Crippen LogP contribution in [0.5, 0.6) is 0 Å². The van der Waals surface area contributed by atoms with Gasteiger partial charge in [0, 0.05) is 16.0 Å². The van der Waals surface area contributed by atoms with Gasteiger partial charge in [0.15, 0.2) is 0 Å². The van der Waals surface area contributed by atoms with Gasteiger partial charge in [-0.05, 0) is 18.2 Å². The monoisotopic (exact) mass is 388 g/mol. The molecule has 4 aromatic rings. The highest BCUT2D eigenvalue weighted by atomic mass is 35.5. The standard InChI is InChI=1S/C17H10Cl2N4OS/c18-11-6-7-12(13(19)8-11)15(24)20-16-21-17-23(22-16)14(9-25-17)10-4-2-1-3-5-10/h1-9H,(H,20,22,24). The van der Waals surface area contributed by atoms with Crippen LogP contribution >= 0.6 is 34.5 Å². The van der Waals surface area contributed by atoms with Crippen LogP contribution in [0.25, 0.3) is 16.2 Å². The number of rotatable bonds is 3. The molecule has 0 bridgehead atoms. The Labute approximate surface area is 156 Å². The summed E-state index contributed by atoms with van der Waals surface area (Å²) in [7, 11) is 0. The number of benzene rings is 2. The summed E-state index contributed by atoms with van der Waals surface area (Å²) >= 11 is 13.4. The van der Waals surface area contributed by atoms with E-state index < -0.39 is 0 Å². The Balaban J connectivity index is 1.64. The highest BCUT2D eigenvalue weighted by molar-refractivity contribution is 7.15. The predicted molar refractivity (Wildman–Crippen MR) is 101 cm³/mol. The highest BCUT2D eigenvalue weighted by Gasteiger charge is 2.16. The van der Waals surface area contributed by atoms with Crippen LogP contribution in [0, 0.1) is 0 Å². The zero-order valence-corrected chi connectivity index (χ0v) is 14.9. The molecule has 1 N–H and O–H groups in total. The minimum Gasteiger partial charge on any atom is -0.289 e. The summed E-state index contributed by atoms with van der Waals surface area (Å²) in [5.41, 5.74) is 2.25. The second-order valence-corrected chi connectivity index (χ2v) is 6.88. The molecule has 1 amide bonds. The van der Waals surface area contributed by atoms with Crippen LogP contribution < -0.4 is 5.32 Å². The van der Waals surface area contributed by atoms with Crippen molar-refractivity contribution in [2.75, 3.05) is 5.32 Å². The van der Waals surface area contributed by atoms with E-state index in [1.165, 1.54) is 17.4 Å². The third-order valence-electron chi connectivity index (χ3n) is 3.55. The maximum Gasteiger partial charge on any atom is 0.259 e. The zero-order valence-electron chi connectivity index (χ0n) is 12.6. The first-order chi connectivity index (χ1) is 12.1. The molecule has 2 heterocycles. The van der Waals surface area contributed by atoms with Crippen molar-refractivity contribution < 1.29 is 4.79 Å². The molecule has 0 radical (unpaired) electrons. The summed E-state index contributed by atoms with van der Waals surface area (Å²) < 4.78 is 1.71. The van der Waals surface area contributed by atoms with Crippen molar-refractivity contribution >= 4 is 51.4 Å². The van der Waals surface area contributed by atoms with Crippen molar-refractivity contribution in [1.82, 2.24) is 14.6 Å². The van der Waals surface area contributed by atoms with E-state index in [0.717, 1.165) is 11.3 Å². The van der Waals surface area contributed by atoms with Crippen molar-refractivity contribution in [3.05, 3.63) is 69.5 Å². The summed E-state index contributed by atoms with van der Waals surface area (Å²) in [6, 6.07) is 14.6. The second-order valence-electron chi connectivity index (χ2n) is 5.20. The van der Waals surface area contributed by atoms with Gasteiger partial charge in [-0.3, -0.25) is 10.1 Å². The number of carbonyl (C=O) groups is 1. The minimum atomic E-state index is -0.388. The van der Waals surface area contributed by atoms with E-state index in [-0.39, 0.29) is 16.9 Å². The fourth-order valence-corrected chi connectivity index (χ4v) is 3.71. The van der Waals surface area contributed by atoms with Crippen molar-refractivity contribution in [3.8, 4) is 11.3 Å². The summed E-state index contributed by atoms with van der Waals surface area (Å²) in [5, 5.41) is 9.77. The number of nitrogens with zero attached hydrogens (tertiary/aromatic N) is 3. The average Bonchev–Trinajstić information content (AvgIpc) is 3.15. The summed E-state index contributed by atoms with van der Waals surface area (Å²) in [4.78, 5) is 17.4. The normalized spacial score (nSPS) is 11.0. The Kier molecular flexibility index (Phi) is 4.17. The Morgan fingerprint density at radius 1 is 1.12 bits per heavy atom. The van der Waals surface area contributed by atoms with Crippen LogP contribution in [0.3, 0.4) is 0 Å². The summed E-state index contributed by atoms with van der Waals surface area (Å²) in [6.45, 7) is 0. The molecule has 2 aromatic heterocycles. The summed E-state index contributed by atoms with van der Waals surface area (Å²) in [6.07, 6.45) is 0. The molecule has 0 atom stereocenters. The number of thiazole rings is 1. The Morgan fingerprint density at radius 2 is 1.92 bits per heavy atom. The average molecular weight is 389 g/mol. The Hall–Kier alpha value is -2.41. The van der Waals surface area contributed by atoms with E-state index in [2.05, 4.69) is 15.4 Å². The van der Waals surface area contributed by atoms with Crippen molar-refractivity contribution in [1.29, 1.82) is 0 Å². The lowest BCUT2D eigenvalue weighted by Crippen LogP contribution is -2.13. The van der Waals surface area contributed by atoms with Gasteiger partial charge < -0.3 is 0 Å². The molecule has 0 aliphatic heterocycles. The summed E-state index contributed by atoms with van der Waals surface area (Å²) in [5.74, 6) is -0.166. The van der Waals surface area contributed by atoms with Gasteiger partial charge >= 0.3 is 0 Å². The number of anilines is 1. The topological polar surface area (TPSA) is 59.3 Å². The predicted octanol–water partition coefficient (Wildman–Crippen LogP) is 5.02. The van der Waals surface area contributed by atoms with E-state index in [1.54, 1.807) is 16.6 Å². The lowest BCUT2D eigenvalue weighted by atomic mass is 10.2. The molecule has 25 heavy (non-hydrogen) atoms. The largest absolute Gasteiger partial charge is 0.289 e. The Morgan fingerprint density at radius 3 is 2.68 bits per heavy atom. The van der Waals surface area contributed by atoms with Crippen molar-refractivity contribution in [2.24, 2.45) is 0 Å². The molecule has 8 heteroatoms. The van der Waals surface area contributed by atoms with Gasteiger partial charge in [-0.2, -0.15) is 4.98 Å². The zero-order chi connectivity index (χ0) is 17.4. The number of amides is 1. The fraction of sp³-hybridized carbons (Fsp3) is 0. The highest BCUT2D eigenvalue weighted by Crippen LogP contribution is 2.26. The molecule has 0 fully saturated rings. The van der Waals surface area contributed by atoms with Crippen molar-refractivity contribution in [2.45, 2.75) is 0 Å². The van der Waals surface area contributed by atoms with Gasteiger partial charge in [0.1, 0.15) is 0 Å². The van der Waals surface area contributed by atoms with E-state index in [1.807, 2.05) is 35.7 Å². The van der Waals surface area contributed by atoms with Crippen LogP contribution in [0.4, 0.5) is 5.95 Å². The van der Waals surface area contributed by atoms with Crippen LogP contribution in [-0.2, 0) is 0 Å². The molecule has 0 aliphatic carbocycles. The smallest absolute Gasteiger partial charge is 0.259 e. The molecular formula is C17H10Cl2N4OS. The molecular weight excluding hydrogens is 379 g/mol. The number of fused-ring (bicyclic) bond motifs is 1. The number of carbonyl (C=O) groups excluding carboxylic acids is 1. The van der Waals surface area contributed by atoms with Gasteiger partial charge in [0.2, 0.25) is 4.96 Å². The van der Waals surface area contributed by atoms with Gasteiger partial charge in [-0.15, -0.1) is 16.4 Å². The van der Waals surface area contributed by atoms with E-state index in [9.17, 15) is 4.79 Å². The fourth-order valence-electron chi connectivity index (χ4n) is 2.38. The molecule has 0 spiro atoms. The number of halogens is 2. The van der Waals surface area contributed by atoms with Crippen molar-refractivity contribution in [3.63, 3.8) is 0 Å². The third kappa shape index (κ3) is 3.11.